The number of benzene rings is 1. The molecule has 2 aromatic rings. The van der Waals surface area contributed by atoms with Crippen LogP contribution in [0.15, 0.2) is 18.2 Å². The summed E-state index contributed by atoms with van der Waals surface area (Å²) in [6.07, 6.45) is 5.84. The molecule has 0 unspecified atom stereocenters. The first kappa shape index (κ1) is 12.1. The van der Waals surface area contributed by atoms with E-state index in [-0.39, 0.29) is 5.82 Å². The van der Waals surface area contributed by atoms with Crippen molar-refractivity contribution in [2.24, 2.45) is 0 Å². The van der Waals surface area contributed by atoms with Crippen LogP contribution in [0.4, 0.5) is 10.1 Å². The number of hydrogen-bond acceptors (Lipinski definition) is 4. The zero-order chi connectivity index (χ0) is 13.2. The van der Waals surface area contributed by atoms with Crippen molar-refractivity contribution in [1.29, 1.82) is 0 Å². The van der Waals surface area contributed by atoms with Gasteiger partial charge in [0.15, 0.2) is 5.82 Å². The number of anilines is 1. The summed E-state index contributed by atoms with van der Waals surface area (Å²) in [6.45, 7) is 0. The van der Waals surface area contributed by atoms with E-state index < -0.39 is 0 Å². The normalized spacial score (nSPS) is 16.7. The van der Waals surface area contributed by atoms with E-state index in [1.54, 1.807) is 10.7 Å². The number of aromatic nitrogens is 4. The van der Waals surface area contributed by atoms with Crippen molar-refractivity contribution < 1.29 is 4.39 Å². The van der Waals surface area contributed by atoms with Gasteiger partial charge in [0.25, 0.3) is 0 Å². The lowest BCUT2D eigenvalue weighted by atomic mass is 9.88. The summed E-state index contributed by atoms with van der Waals surface area (Å²) in [4.78, 5) is 0. The maximum Gasteiger partial charge on any atom is 0.159 e. The zero-order valence-electron chi connectivity index (χ0n) is 10.6. The quantitative estimate of drug-likeness (QED) is 0.843. The van der Waals surface area contributed by atoms with E-state index in [1.165, 1.54) is 31.4 Å². The lowest BCUT2D eigenvalue weighted by molar-refractivity contribution is 0.422. The van der Waals surface area contributed by atoms with Gasteiger partial charge in [0, 0.05) is 11.6 Å². The van der Waals surface area contributed by atoms with Crippen molar-refractivity contribution in [3.8, 4) is 5.69 Å². The Morgan fingerprint density at radius 3 is 2.68 bits per heavy atom. The van der Waals surface area contributed by atoms with Crippen LogP contribution in [0.25, 0.3) is 5.69 Å². The third-order valence-corrected chi connectivity index (χ3v) is 3.61. The molecular formula is C13H16FN5. The molecule has 0 bridgehead atoms. The standard InChI is InChI=1S/C13H16FN5/c14-10-6-11(15)8-12(7-10)19-13(16-17-18-19)9-4-2-1-3-5-9/h6-9H,1-5,15H2. The first-order chi connectivity index (χ1) is 9.24. The Morgan fingerprint density at radius 1 is 1.16 bits per heavy atom. The molecule has 6 heteroatoms. The Bertz CT molecular complexity index is 554. The highest BCUT2D eigenvalue weighted by Gasteiger charge is 2.22. The summed E-state index contributed by atoms with van der Waals surface area (Å²) >= 11 is 0. The first-order valence-electron chi connectivity index (χ1n) is 6.59. The molecule has 0 radical (unpaired) electrons. The SMILES string of the molecule is Nc1cc(F)cc(-n2nnnc2C2CCCCC2)c1. The highest BCUT2D eigenvalue weighted by atomic mass is 19.1. The molecule has 5 nitrogen and oxygen atoms in total. The molecule has 3 rings (SSSR count). The van der Waals surface area contributed by atoms with Crippen molar-refractivity contribution in [1.82, 2.24) is 20.2 Å². The van der Waals surface area contributed by atoms with Crippen LogP contribution >= 0.6 is 0 Å². The van der Waals surface area contributed by atoms with Gasteiger partial charge < -0.3 is 5.73 Å². The van der Waals surface area contributed by atoms with Crippen LogP contribution in [0.3, 0.4) is 0 Å². The maximum absolute atomic E-state index is 13.4. The molecular weight excluding hydrogens is 245 g/mol. The summed E-state index contributed by atoms with van der Waals surface area (Å²) < 4.78 is 15.0. The Labute approximate surface area is 110 Å². The number of halogens is 1. The largest absolute Gasteiger partial charge is 0.399 e. The molecule has 1 fully saturated rings. The average Bonchev–Trinajstić information content (AvgIpc) is 2.88. The van der Waals surface area contributed by atoms with Crippen LogP contribution in [-0.2, 0) is 0 Å². The van der Waals surface area contributed by atoms with Crippen molar-refractivity contribution in [2.75, 3.05) is 5.73 Å². The van der Waals surface area contributed by atoms with Crippen LogP contribution < -0.4 is 5.73 Å². The van der Waals surface area contributed by atoms with Crippen molar-refractivity contribution in [3.63, 3.8) is 0 Å². The second kappa shape index (κ2) is 4.95. The number of nitrogens with zero attached hydrogens (tertiary/aromatic N) is 4. The molecule has 1 aromatic heterocycles. The van der Waals surface area contributed by atoms with Gasteiger partial charge in [-0.25, -0.2) is 4.39 Å². The Kier molecular flexibility index (Phi) is 3.15. The van der Waals surface area contributed by atoms with E-state index in [1.807, 2.05) is 0 Å². The topological polar surface area (TPSA) is 69.6 Å². The van der Waals surface area contributed by atoms with Gasteiger partial charge in [0.1, 0.15) is 5.82 Å². The number of nitrogens with two attached hydrogens (primary N) is 1. The minimum atomic E-state index is -0.375. The number of tetrazole rings is 1. The molecule has 0 aliphatic heterocycles. The summed E-state index contributed by atoms with van der Waals surface area (Å²) in [5.74, 6) is 0.790. The summed E-state index contributed by atoms with van der Waals surface area (Å²) in [6, 6.07) is 4.37. The van der Waals surface area contributed by atoms with E-state index >= 15 is 0 Å². The van der Waals surface area contributed by atoms with Gasteiger partial charge in [0.2, 0.25) is 0 Å². The minimum Gasteiger partial charge on any atom is -0.399 e. The van der Waals surface area contributed by atoms with Crippen molar-refractivity contribution in [3.05, 3.63) is 29.8 Å². The fraction of sp³-hybridized carbons (Fsp3) is 0.462. The lowest BCUT2D eigenvalue weighted by Crippen LogP contribution is -2.12. The van der Waals surface area contributed by atoms with Gasteiger partial charge in [-0.2, -0.15) is 4.68 Å². The van der Waals surface area contributed by atoms with E-state index in [0.717, 1.165) is 18.7 Å². The molecule has 1 aromatic carbocycles. The summed E-state index contributed by atoms with van der Waals surface area (Å²) in [7, 11) is 0. The Balaban J connectivity index is 1.98. The summed E-state index contributed by atoms with van der Waals surface area (Å²) in [5.41, 5.74) is 6.63. The van der Waals surface area contributed by atoms with E-state index in [9.17, 15) is 4.39 Å². The second-order valence-corrected chi connectivity index (χ2v) is 5.03. The van der Waals surface area contributed by atoms with Crippen LogP contribution in [-0.4, -0.2) is 20.2 Å². The monoisotopic (exact) mass is 261 g/mol. The van der Waals surface area contributed by atoms with Crippen LogP contribution in [0.2, 0.25) is 0 Å². The second-order valence-electron chi connectivity index (χ2n) is 5.03. The molecule has 1 aliphatic carbocycles. The van der Waals surface area contributed by atoms with E-state index in [2.05, 4.69) is 15.5 Å². The molecule has 1 aliphatic rings. The lowest BCUT2D eigenvalue weighted by Gasteiger charge is -2.20. The third-order valence-electron chi connectivity index (χ3n) is 3.61. The summed E-state index contributed by atoms with van der Waals surface area (Å²) in [5, 5.41) is 11.8. The molecule has 2 N–H and O–H groups in total. The molecule has 1 heterocycles. The van der Waals surface area contributed by atoms with Gasteiger partial charge in [-0.3, -0.25) is 0 Å². The van der Waals surface area contributed by atoms with Gasteiger partial charge >= 0.3 is 0 Å². The Hall–Kier alpha value is -1.98. The molecule has 0 spiro atoms. The van der Waals surface area contributed by atoms with E-state index in [4.69, 9.17) is 5.73 Å². The molecule has 1 saturated carbocycles. The van der Waals surface area contributed by atoms with E-state index in [0.29, 0.717) is 17.3 Å². The highest BCUT2D eigenvalue weighted by molar-refractivity contribution is 5.48. The molecule has 19 heavy (non-hydrogen) atoms. The number of nitrogen functional groups attached to an aromatic ring is 1. The van der Waals surface area contributed by atoms with Crippen LogP contribution in [0, 0.1) is 5.82 Å². The predicted octanol–water partition coefficient (Wildman–Crippen LogP) is 2.43. The third kappa shape index (κ3) is 2.43. The molecule has 0 amide bonds. The molecule has 100 valence electrons. The van der Waals surface area contributed by atoms with Gasteiger partial charge in [0.05, 0.1) is 5.69 Å². The fourth-order valence-corrected chi connectivity index (χ4v) is 2.71. The first-order valence-corrected chi connectivity index (χ1v) is 6.59. The van der Waals surface area contributed by atoms with Gasteiger partial charge in [-0.05, 0) is 41.5 Å². The Morgan fingerprint density at radius 2 is 1.95 bits per heavy atom. The van der Waals surface area contributed by atoms with Crippen molar-refractivity contribution in [2.45, 2.75) is 38.0 Å². The van der Waals surface area contributed by atoms with Crippen LogP contribution in [0.5, 0.6) is 0 Å². The van der Waals surface area contributed by atoms with Crippen LogP contribution in [0.1, 0.15) is 43.8 Å². The smallest absolute Gasteiger partial charge is 0.159 e. The highest BCUT2D eigenvalue weighted by Crippen LogP contribution is 2.32. The predicted molar refractivity (Wildman–Crippen MR) is 69.4 cm³/mol. The van der Waals surface area contributed by atoms with Gasteiger partial charge in [-0.1, -0.05) is 19.3 Å². The maximum atomic E-state index is 13.4. The van der Waals surface area contributed by atoms with Crippen molar-refractivity contribution >= 4 is 5.69 Å². The average molecular weight is 261 g/mol. The van der Waals surface area contributed by atoms with Gasteiger partial charge in [-0.15, -0.1) is 5.10 Å². The molecule has 0 saturated heterocycles. The number of hydrogen-bond donors (Lipinski definition) is 1. The number of rotatable bonds is 2. The fourth-order valence-electron chi connectivity index (χ4n) is 2.71. The minimum absolute atomic E-state index is 0.355. The molecule has 0 atom stereocenters. The zero-order valence-corrected chi connectivity index (χ0v) is 10.6.